The Bertz CT molecular complexity index is 1490. The first kappa shape index (κ1) is 25.9. The van der Waals surface area contributed by atoms with Crippen LogP contribution in [0.5, 0.6) is 28.7 Å². The van der Waals surface area contributed by atoms with Gasteiger partial charge in [0.25, 0.3) is 0 Å². The van der Waals surface area contributed by atoms with E-state index in [0.29, 0.717) is 35.7 Å². The molecule has 0 unspecified atom stereocenters. The van der Waals surface area contributed by atoms with Crippen molar-refractivity contribution in [3.63, 3.8) is 0 Å². The maximum absolute atomic E-state index is 13.2. The van der Waals surface area contributed by atoms with E-state index in [-0.39, 0.29) is 29.3 Å². The number of methoxy groups -OCH3 is 2. The lowest BCUT2D eigenvalue weighted by Crippen LogP contribution is -2.22. The molecular weight excluding hydrogens is 496 g/mol. The number of rotatable bonds is 9. The molecule has 1 aliphatic rings. The summed E-state index contributed by atoms with van der Waals surface area (Å²) in [4.78, 5) is 25.7. The molecule has 4 aromatic rings. The van der Waals surface area contributed by atoms with E-state index in [1.165, 1.54) is 6.07 Å². The monoisotopic (exact) mass is 524 g/mol. The fourth-order valence-electron chi connectivity index (χ4n) is 4.75. The zero-order valence-corrected chi connectivity index (χ0v) is 21.7. The molecule has 0 spiro atoms. The second-order valence-corrected chi connectivity index (χ2v) is 9.16. The number of ether oxygens (including phenoxy) is 4. The molecule has 0 saturated carbocycles. The molecule has 1 N–H and O–H groups in total. The van der Waals surface area contributed by atoms with Gasteiger partial charge in [-0.15, -0.1) is 0 Å². The average Bonchev–Trinajstić information content (AvgIpc) is 2.97. The molecule has 0 saturated heterocycles. The minimum absolute atomic E-state index is 0.00115. The smallest absolute Gasteiger partial charge is 0.312 e. The van der Waals surface area contributed by atoms with Crippen molar-refractivity contribution in [3.05, 3.63) is 113 Å². The van der Waals surface area contributed by atoms with Gasteiger partial charge in [-0.05, 0) is 47.5 Å². The van der Waals surface area contributed by atoms with Crippen molar-refractivity contribution >= 4 is 11.8 Å². The highest BCUT2D eigenvalue weighted by Crippen LogP contribution is 2.46. The Hall–Kier alpha value is -4.78. The normalized spacial score (nSPS) is 14.2. The number of carbonyl (C=O) groups excluding carboxylic acids is 2. The third kappa shape index (κ3) is 5.43. The van der Waals surface area contributed by atoms with Gasteiger partial charge >= 0.3 is 5.97 Å². The van der Waals surface area contributed by atoms with Crippen LogP contribution in [0.1, 0.15) is 45.0 Å². The molecule has 7 nitrogen and oxygen atoms in total. The summed E-state index contributed by atoms with van der Waals surface area (Å²) in [6, 6.07) is 25.0. The van der Waals surface area contributed by atoms with Crippen molar-refractivity contribution in [1.29, 1.82) is 0 Å². The third-order valence-corrected chi connectivity index (χ3v) is 6.80. The minimum atomic E-state index is -0.542. The molecule has 0 aliphatic carbocycles. The summed E-state index contributed by atoms with van der Waals surface area (Å²) >= 11 is 0. The summed E-state index contributed by atoms with van der Waals surface area (Å²) < 4.78 is 22.2. The molecule has 0 aromatic heterocycles. The Labute approximate surface area is 226 Å². The number of carbonyl (C=O) groups is 2. The van der Waals surface area contributed by atoms with E-state index >= 15 is 0 Å². The molecular formula is C32H28O7. The van der Waals surface area contributed by atoms with Crippen molar-refractivity contribution in [3.8, 4) is 28.7 Å². The lowest BCUT2D eigenvalue weighted by Gasteiger charge is -2.27. The Morgan fingerprint density at radius 2 is 1.69 bits per heavy atom. The number of hydrogen-bond acceptors (Lipinski definition) is 7. The summed E-state index contributed by atoms with van der Waals surface area (Å²) in [5, 5.41) is 11.3. The van der Waals surface area contributed by atoms with Crippen molar-refractivity contribution in [1.82, 2.24) is 0 Å². The van der Waals surface area contributed by atoms with E-state index in [4.69, 9.17) is 18.9 Å². The maximum atomic E-state index is 13.2. The summed E-state index contributed by atoms with van der Waals surface area (Å²) in [6.07, 6.45) is 0.670. The van der Waals surface area contributed by atoms with Crippen LogP contribution in [0.3, 0.4) is 0 Å². The molecule has 1 atom stereocenters. The SMILES string of the molecule is COc1ccc(CCOc2cc([C@H]3CC(=O)Oc4ccc(C(=O)c5ccccc5)c(O)c43)ccc2OC)cc1. The molecule has 7 heteroatoms. The van der Waals surface area contributed by atoms with Gasteiger partial charge in [0.1, 0.15) is 17.2 Å². The number of esters is 1. The van der Waals surface area contributed by atoms with Crippen LogP contribution in [0.15, 0.2) is 84.9 Å². The molecule has 4 aromatic carbocycles. The Kier molecular flexibility index (Phi) is 7.50. The van der Waals surface area contributed by atoms with Gasteiger partial charge in [0.15, 0.2) is 17.3 Å². The summed E-state index contributed by atoms with van der Waals surface area (Å²) in [7, 11) is 3.19. The topological polar surface area (TPSA) is 91.3 Å². The Balaban J connectivity index is 1.44. The first-order chi connectivity index (χ1) is 19.0. The van der Waals surface area contributed by atoms with Crippen LogP contribution in [-0.2, 0) is 11.2 Å². The summed E-state index contributed by atoms with van der Waals surface area (Å²) in [5.74, 6) is 0.601. The van der Waals surface area contributed by atoms with Gasteiger partial charge in [0.2, 0.25) is 0 Å². The van der Waals surface area contributed by atoms with E-state index in [9.17, 15) is 14.7 Å². The van der Waals surface area contributed by atoms with Gasteiger partial charge in [-0.1, -0.05) is 48.5 Å². The van der Waals surface area contributed by atoms with Crippen LogP contribution in [-0.4, -0.2) is 37.7 Å². The van der Waals surface area contributed by atoms with E-state index in [1.54, 1.807) is 50.6 Å². The second kappa shape index (κ2) is 11.3. The molecule has 0 radical (unpaired) electrons. The Morgan fingerprint density at radius 3 is 2.41 bits per heavy atom. The zero-order valence-electron chi connectivity index (χ0n) is 21.7. The van der Waals surface area contributed by atoms with E-state index < -0.39 is 11.9 Å². The highest BCUT2D eigenvalue weighted by atomic mass is 16.5. The lowest BCUT2D eigenvalue weighted by atomic mass is 9.84. The van der Waals surface area contributed by atoms with Crippen LogP contribution in [0, 0.1) is 0 Å². The number of aromatic hydroxyl groups is 1. The highest BCUT2D eigenvalue weighted by Gasteiger charge is 2.34. The summed E-state index contributed by atoms with van der Waals surface area (Å²) in [5.41, 5.74) is 2.82. The van der Waals surface area contributed by atoms with Crippen molar-refractivity contribution < 1.29 is 33.6 Å². The zero-order chi connectivity index (χ0) is 27.4. The predicted octanol–water partition coefficient (Wildman–Crippen LogP) is 5.70. The highest BCUT2D eigenvalue weighted by molar-refractivity contribution is 6.11. The molecule has 0 bridgehead atoms. The van der Waals surface area contributed by atoms with Gasteiger partial charge in [0, 0.05) is 23.5 Å². The number of benzene rings is 4. The van der Waals surface area contributed by atoms with Gasteiger partial charge in [-0.25, -0.2) is 0 Å². The molecule has 5 rings (SSSR count). The number of phenolic OH excluding ortho intramolecular Hbond substituents is 1. The van der Waals surface area contributed by atoms with Crippen LogP contribution >= 0.6 is 0 Å². The summed E-state index contributed by atoms with van der Waals surface area (Å²) in [6.45, 7) is 0.399. The van der Waals surface area contributed by atoms with Gasteiger partial charge in [0.05, 0.1) is 32.8 Å². The van der Waals surface area contributed by atoms with Gasteiger partial charge in [-0.3, -0.25) is 9.59 Å². The predicted molar refractivity (Wildman–Crippen MR) is 145 cm³/mol. The minimum Gasteiger partial charge on any atom is -0.507 e. The van der Waals surface area contributed by atoms with Crippen LogP contribution in [0.4, 0.5) is 0 Å². The standard InChI is InChI=1S/C32H28O7/c1-36-23-11-8-20(9-12-23)16-17-38-28-18-22(10-14-26(28)37-2)25-19-29(33)39-27-15-13-24(32(35)30(25)27)31(34)21-6-4-3-5-7-21/h3-15,18,25,35H,16-17,19H2,1-2H3/t25-/m1/s1. The quantitative estimate of drug-likeness (QED) is 0.171. The van der Waals surface area contributed by atoms with Crippen molar-refractivity contribution in [2.75, 3.05) is 20.8 Å². The fraction of sp³-hybridized carbons (Fsp3) is 0.188. The van der Waals surface area contributed by atoms with Crippen LogP contribution in [0.2, 0.25) is 0 Å². The molecule has 198 valence electrons. The number of fused-ring (bicyclic) bond motifs is 1. The largest absolute Gasteiger partial charge is 0.507 e. The molecule has 39 heavy (non-hydrogen) atoms. The third-order valence-electron chi connectivity index (χ3n) is 6.80. The fourth-order valence-corrected chi connectivity index (χ4v) is 4.75. The van der Waals surface area contributed by atoms with Gasteiger partial charge in [-0.2, -0.15) is 0 Å². The lowest BCUT2D eigenvalue weighted by molar-refractivity contribution is -0.135. The first-order valence-electron chi connectivity index (χ1n) is 12.6. The number of hydrogen-bond donors (Lipinski definition) is 1. The first-order valence-corrected chi connectivity index (χ1v) is 12.6. The maximum Gasteiger partial charge on any atom is 0.312 e. The average molecular weight is 525 g/mol. The second-order valence-electron chi connectivity index (χ2n) is 9.16. The molecule has 0 amide bonds. The molecule has 1 aliphatic heterocycles. The van der Waals surface area contributed by atoms with Crippen molar-refractivity contribution in [2.45, 2.75) is 18.8 Å². The van der Waals surface area contributed by atoms with E-state index in [1.807, 2.05) is 42.5 Å². The van der Waals surface area contributed by atoms with Crippen LogP contribution < -0.4 is 18.9 Å². The molecule has 1 heterocycles. The van der Waals surface area contributed by atoms with Crippen LogP contribution in [0.25, 0.3) is 0 Å². The number of ketones is 1. The molecule has 0 fully saturated rings. The van der Waals surface area contributed by atoms with E-state index in [2.05, 4.69) is 0 Å². The van der Waals surface area contributed by atoms with E-state index in [0.717, 1.165) is 16.9 Å². The number of phenols is 1. The Morgan fingerprint density at radius 1 is 0.923 bits per heavy atom. The van der Waals surface area contributed by atoms with Gasteiger partial charge < -0.3 is 24.1 Å². The van der Waals surface area contributed by atoms with Crippen molar-refractivity contribution in [2.24, 2.45) is 0 Å².